The number of ether oxygens (including phenoxy) is 2. The topological polar surface area (TPSA) is 80.8 Å². The number of pyridine rings is 1. The van der Waals surface area contributed by atoms with Crippen LogP contribution in [0.25, 0.3) is 10.2 Å². The van der Waals surface area contributed by atoms with Crippen LogP contribution in [0.4, 0.5) is 18.0 Å². The zero-order chi connectivity index (χ0) is 22.4. The fourth-order valence-electron chi connectivity index (χ4n) is 2.98. The molecule has 0 aromatic carbocycles. The standard InChI is InChI=1S/C19H22F3N3O4S/c1-9-12(7-25(9)17(27)29-18(2,3)4)28-13-6-11(19(20,21)22)15-14(24-13)10(8-30-15)16(26)23-5/h6,8-9,12H,7H2,1-5H3,(H,23,26). The van der Waals surface area contributed by atoms with Crippen molar-refractivity contribution in [2.45, 2.75) is 51.6 Å². The van der Waals surface area contributed by atoms with E-state index in [0.717, 1.165) is 17.4 Å². The fraction of sp³-hybridized carbons (Fsp3) is 0.526. The Kier molecular flexibility index (Phi) is 5.61. The van der Waals surface area contributed by atoms with Crippen LogP contribution in [0.1, 0.15) is 43.6 Å². The molecule has 2 atom stereocenters. The quantitative estimate of drug-likeness (QED) is 0.771. The first-order valence-electron chi connectivity index (χ1n) is 9.19. The van der Waals surface area contributed by atoms with E-state index in [2.05, 4.69) is 10.3 Å². The van der Waals surface area contributed by atoms with Gasteiger partial charge in [-0.2, -0.15) is 13.2 Å². The number of nitrogens with one attached hydrogen (secondary N) is 1. The molecule has 1 aliphatic heterocycles. The molecular formula is C19H22F3N3O4S. The molecule has 1 N–H and O–H groups in total. The summed E-state index contributed by atoms with van der Waals surface area (Å²) in [5.74, 6) is -0.786. The summed E-state index contributed by atoms with van der Waals surface area (Å²) in [6, 6.07) is 0.419. The SMILES string of the molecule is CNC(=O)c1csc2c(C(F)(F)F)cc(OC3CN(C(=O)OC(C)(C)C)C3C)nc12. The van der Waals surface area contributed by atoms with Crippen LogP contribution in [0.3, 0.4) is 0 Å². The van der Waals surface area contributed by atoms with Gasteiger partial charge in [0.25, 0.3) is 5.91 Å². The molecule has 1 saturated heterocycles. The van der Waals surface area contributed by atoms with Crippen molar-refractivity contribution in [2.24, 2.45) is 0 Å². The van der Waals surface area contributed by atoms with E-state index in [0.29, 0.717) is 0 Å². The Hall–Kier alpha value is -2.56. The predicted molar refractivity (Wildman–Crippen MR) is 105 cm³/mol. The minimum absolute atomic E-state index is 0.0467. The van der Waals surface area contributed by atoms with Gasteiger partial charge in [0.15, 0.2) is 0 Å². The Balaban J connectivity index is 1.86. The zero-order valence-electron chi connectivity index (χ0n) is 17.1. The Morgan fingerprint density at radius 2 is 1.97 bits per heavy atom. The molecule has 1 fully saturated rings. The molecule has 11 heteroatoms. The van der Waals surface area contributed by atoms with Gasteiger partial charge in [-0.15, -0.1) is 11.3 Å². The van der Waals surface area contributed by atoms with Crippen molar-refractivity contribution < 1.29 is 32.2 Å². The number of carbonyl (C=O) groups is 2. The van der Waals surface area contributed by atoms with Crippen molar-refractivity contribution in [1.29, 1.82) is 0 Å². The maximum atomic E-state index is 13.6. The number of alkyl halides is 3. The molecule has 0 bridgehead atoms. The average Bonchev–Trinajstić information content (AvgIpc) is 3.04. The molecule has 0 saturated carbocycles. The lowest BCUT2D eigenvalue weighted by atomic mass is 10.0. The van der Waals surface area contributed by atoms with Crippen molar-refractivity contribution >= 4 is 33.6 Å². The van der Waals surface area contributed by atoms with Gasteiger partial charge in [-0.3, -0.25) is 9.69 Å². The third-order valence-electron chi connectivity index (χ3n) is 4.58. The lowest BCUT2D eigenvalue weighted by molar-refractivity contribution is -0.136. The summed E-state index contributed by atoms with van der Waals surface area (Å²) < 4.78 is 51.6. The molecule has 0 radical (unpaired) electrons. The van der Waals surface area contributed by atoms with Crippen molar-refractivity contribution in [3.8, 4) is 5.88 Å². The van der Waals surface area contributed by atoms with Crippen LogP contribution < -0.4 is 10.1 Å². The number of nitrogens with zero attached hydrogens (tertiary/aromatic N) is 2. The van der Waals surface area contributed by atoms with Crippen LogP contribution in [0.15, 0.2) is 11.4 Å². The zero-order valence-corrected chi connectivity index (χ0v) is 17.9. The summed E-state index contributed by atoms with van der Waals surface area (Å²) in [4.78, 5) is 29.8. The van der Waals surface area contributed by atoms with Crippen LogP contribution >= 0.6 is 11.3 Å². The van der Waals surface area contributed by atoms with E-state index in [1.54, 1.807) is 27.7 Å². The lowest BCUT2D eigenvalue weighted by Gasteiger charge is -2.45. The van der Waals surface area contributed by atoms with Gasteiger partial charge in [-0.25, -0.2) is 9.78 Å². The van der Waals surface area contributed by atoms with Crippen LogP contribution in [-0.2, 0) is 10.9 Å². The average molecular weight is 445 g/mol. The monoisotopic (exact) mass is 445 g/mol. The Labute approximate surface area is 175 Å². The molecule has 3 rings (SSSR count). The van der Waals surface area contributed by atoms with Gasteiger partial charge in [0.2, 0.25) is 5.88 Å². The number of hydrogen-bond acceptors (Lipinski definition) is 6. The van der Waals surface area contributed by atoms with Gasteiger partial charge in [0.1, 0.15) is 11.7 Å². The molecule has 2 amide bonds. The molecule has 3 heterocycles. The number of fused-ring (bicyclic) bond motifs is 1. The minimum atomic E-state index is -4.64. The fourth-order valence-corrected chi connectivity index (χ4v) is 4.00. The number of halogens is 3. The summed E-state index contributed by atoms with van der Waals surface area (Å²) in [7, 11) is 1.39. The molecular weight excluding hydrogens is 423 g/mol. The summed E-state index contributed by atoms with van der Waals surface area (Å²) in [6.07, 6.45) is -5.71. The Morgan fingerprint density at radius 3 is 2.50 bits per heavy atom. The lowest BCUT2D eigenvalue weighted by Crippen LogP contribution is -2.63. The van der Waals surface area contributed by atoms with E-state index >= 15 is 0 Å². The van der Waals surface area contributed by atoms with Crippen LogP contribution in [0, 0.1) is 0 Å². The highest BCUT2D eigenvalue weighted by molar-refractivity contribution is 7.17. The molecule has 7 nitrogen and oxygen atoms in total. The van der Waals surface area contributed by atoms with E-state index in [-0.39, 0.29) is 28.2 Å². The molecule has 2 aromatic rings. The third kappa shape index (κ3) is 4.30. The maximum absolute atomic E-state index is 13.6. The largest absolute Gasteiger partial charge is 0.470 e. The number of amides is 2. The molecule has 164 valence electrons. The highest BCUT2D eigenvalue weighted by Gasteiger charge is 2.43. The van der Waals surface area contributed by atoms with Crippen molar-refractivity contribution in [2.75, 3.05) is 13.6 Å². The predicted octanol–water partition coefficient (Wildman–Crippen LogP) is 4.06. The highest BCUT2D eigenvalue weighted by atomic mass is 32.1. The minimum Gasteiger partial charge on any atom is -0.470 e. The van der Waals surface area contributed by atoms with Gasteiger partial charge in [-0.1, -0.05) is 0 Å². The van der Waals surface area contributed by atoms with Gasteiger partial charge >= 0.3 is 12.3 Å². The first-order valence-corrected chi connectivity index (χ1v) is 10.1. The number of hydrogen-bond donors (Lipinski definition) is 1. The van der Waals surface area contributed by atoms with E-state index in [9.17, 15) is 22.8 Å². The summed E-state index contributed by atoms with van der Waals surface area (Å²) in [5.41, 5.74) is -1.60. The highest BCUT2D eigenvalue weighted by Crippen LogP contribution is 2.40. The summed E-state index contributed by atoms with van der Waals surface area (Å²) in [5, 5.41) is 3.73. The van der Waals surface area contributed by atoms with Crippen molar-refractivity contribution in [3.63, 3.8) is 0 Å². The summed E-state index contributed by atoms with van der Waals surface area (Å²) >= 11 is 0.800. The number of aromatic nitrogens is 1. The summed E-state index contributed by atoms with van der Waals surface area (Å²) in [6.45, 7) is 7.09. The number of rotatable bonds is 3. The number of thiophene rings is 1. The molecule has 0 spiro atoms. The van der Waals surface area contributed by atoms with Gasteiger partial charge in [-0.05, 0) is 27.7 Å². The van der Waals surface area contributed by atoms with E-state index in [4.69, 9.17) is 9.47 Å². The van der Waals surface area contributed by atoms with Crippen LogP contribution in [0.5, 0.6) is 5.88 Å². The second kappa shape index (κ2) is 7.60. The Bertz CT molecular complexity index is 984. The molecule has 30 heavy (non-hydrogen) atoms. The first-order chi connectivity index (χ1) is 13.8. The Morgan fingerprint density at radius 1 is 1.30 bits per heavy atom. The number of carbonyl (C=O) groups excluding carboxylic acids is 2. The molecule has 2 unspecified atom stereocenters. The van der Waals surface area contributed by atoms with Gasteiger partial charge < -0.3 is 14.8 Å². The van der Waals surface area contributed by atoms with E-state index in [1.165, 1.54) is 17.3 Å². The molecule has 1 aliphatic rings. The van der Waals surface area contributed by atoms with Gasteiger partial charge in [0.05, 0.1) is 33.9 Å². The smallest absolute Gasteiger partial charge is 0.418 e. The molecule has 0 aliphatic carbocycles. The normalized spacial score (nSPS) is 19.4. The number of likely N-dealkylation sites (tertiary alicyclic amines) is 1. The second-order valence-corrected chi connectivity index (χ2v) is 8.82. The van der Waals surface area contributed by atoms with E-state index in [1.807, 2.05) is 0 Å². The maximum Gasteiger partial charge on any atom is 0.418 e. The van der Waals surface area contributed by atoms with Crippen molar-refractivity contribution in [3.05, 3.63) is 22.6 Å². The molecule has 2 aromatic heterocycles. The first kappa shape index (κ1) is 22.1. The van der Waals surface area contributed by atoms with E-state index < -0.39 is 41.5 Å². The van der Waals surface area contributed by atoms with Crippen LogP contribution in [-0.4, -0.2) is 53.2 Å². The second-order valence-electron chi connectivity index (χ2n) is 7.94. The third-order valence-corrected chi connectivity index (χ3v) is 5.59. The van der Waals surface area contributed by atoms with Crippen molar-refractivity contribution in [1.82, 2.24) is 15.2 Å². The van der Waals surface area contributed by atoms with Gasteiger partial charge in [0, 0.05) is 18.5 Å². The van der Waals surface area contributed by atoms with Crippen LogP contribution in [0.2, 0.25) is 0 Å².